The highest BCUT2D eigenvalue weighted by Gasteiger charge is 2.59. The van der Waals surface area contributed by atoms with Crippen molar-refractivity contribution in [3.63, 3.8) is 0 Å². The van der Waals surface area contributed by atoms with E-state index in [-0.39, 0.29) is 24.9 Å². The van der Waals surface area contributed by atoms with Crippen LogP contribution in [-0.2, 0) is 29.0 Å². The molecule has 5 rings (SSSR count). The molecule has 0 radical (unpaired) electrons. The van der Waals surface area contributed by atoms with Crippen molar-refractivity contribution in [1.82, 2.24) is 14.9 Å². The number of nitrogens with zero attached hydrogens (tertiary/aromatic N) is 2. The number of esters is 1. The number of carbonyl (C=O) groups excluding carboxylic acids is 3. The van der Waals surface area contributed by atoms with Gasteiger partial charge in [-0.3, -0.25) is 14.9 Å². The summed E-state index contributed by atoms with van der Waals surface area (Å²) in [6.07, 6.45) is 16.2. The molecule has 9 atom stereocenters. The SMILES string of the molecule is CC(C)CCC[C@@H](C)[C@H]1CC[C@H]2[C@@H]3CC=C4C[C@@H](OC(=O)[C@H](CCCCNC(=O)OC(C)(C)C)N(CCCCCCNC(=O)OC(C)(C)C)S(=O)(=O)c5ccccc5[N+](=O)[O-])CC[C@]4(C)[C@H]3CC[C@]12C. The topological polar surface area (TPSA) is 183 Å². The maximum Gasteiger partial charge on any atom is 0.407 e. The summed E-state index contributed by atoms with van der Waals surface area (Å²) in [7, 11) is -4.62. The zero-order valence-electron chi connectivity index (χ0n) is 44.7. The number of nitrogens with one attached hydrogen (secondary N) is 2. The van der Waals surface area contributed by atoms with Gasteiger partial charge in [-0.25, -0.2) is 18.0 Å². The molecule has 4 aliphatic rings. The summed E-state index contributed by atoms with van der Waals surface area (Å²) in [5.41, 5.74) is -0.144. The van der Waals surface area contributed by atoms with Crippen molar-refractivity contribution in [2.24, 2.45) is 46.3 Å². The number of carbonyl (C=O) groups is 3. The van der Waals surface area contributed by atoms with E-state index in [1.165, 1.54) is 68.7 Å². The third-order valence-corrected chi connectivity index (χ3v) is 18.3. The monoisotopic (exact) mass is 999 g/mol. The summed E-state index contributed by atoms with van der Waals surface area (Å²) in [6, 6.07) is 3.96. The molecule has 0 aliphatic heterocycles. The molecule has 0 spiro atoms. The Hall–Kier alpha value is -3.72. The van der Waals surface area contributed by atoms with E-state index < -0.39 is 67.0 Å². The van der Waals surface area contributed by atoms with Crippen molar-refractivity contribution in [2.45, 2.75) is 220 Å². The molecule has 1 aromatic rings. The number of benzene rings is 1. The van der Waals surface area contributed by atoms with Crippen LogP contribution in [0.3, 0.4) is 0 Å². The minimum Gasteiger partial charge on any atom is -0.461 e. The first-order valence-electron chi connectivity index (χ1n) is 26.9. The quantitative estimate of drug-likeness (QED) is 0.0267. The molecule has 2 N–H and O–H groups in total. The highest BCUT2D eigenvalue weighted by molar-refractivity contribution is 7.89. The van der Waals surface area contributed by atoms with Gasteiger partial charge >= 0.3 is 18.2 Å². The van der Waals surface area contributed by atoms with Crippen molar-refractivity contribution < 1.29 is 41.9 Å². The van der Waals surface area contributed by atoms with Gasteiger partial charge in [0.2, 0.25) is 0 Å². The Kier molecular flexibility index (Phi) is 19.9. The van der Waals surface area contributed by atoms with Crippen LogP contribution in [0.1, 0.15) is 192 Å². The Morgan fingerprint density at radius 1 is 0.800 bits per heavy atom. The van der Waals surface area contributed by atoms with E-state index in [0.717, 1.165) is 46.9 Å². The van der Waals surface area contributed by atoms with E-state index in [2.05, 4.69) is 51.3 Å². The summed E-state index contributed by atoms with van der Waals surface area (Å²) >= 11 is 0. The Bertz CT molecular complexity index is 2080. The molecule has 3 saturated carbocycles. The lowest BCUT2D eigenvalue weighted by Crippen LogP contribution is -2.51. The molecule has 0 aromatic heterocycles. The van der Waals surface area contributed by atoms with Crippen LogP contribution in [0, 0.1) is 56.5 Å². The van der Waals surface area contributed by atoms with Crippen LogP contribution in [0.2, 0.25) is 0 Å². The standard InChI is InChI=1S/C55H90N4O10S/c1-38(2)21-20-22-39(3)43-28-29-44-42-27-26-40-37-41(30-32-54(40,10)45(42)31-33-55(43,44)11)67-49(60)47(24-16-18-35-57-51(62)69-53(7,8)9)58(70(65,66)48-25-15-14-23-46(48)59(63)64)36-19-13-12-17-34-56-50(61)68-52(4,5)6/h14-15,23,25-26,38-39,41-45,47H,12-13,16-22,24,27-37H2,1-11H3,(H,56,61)(H,57,62)/t39-,41+,42+,43-,44+,45+,47+,54+,55-/m1/s1. The van der Waals surface area contributed by atoms with E-state index in [0.29, 0.717) is 75.2 Å². The maximum absolute atomic E-state index is 14.8. The molecule has 396 valence electrons. The third-order valence-electron chi connectivity index (χ3n) is 16.4. The Morgan fingerprint density at radius 3 is 2.06 bits per heavy atom. The largest absolute Gasteiger partial charge is 0.461 e. The second kappa shape index (κ2) is 24.3. The summed E-state index contributed by atoms with van der Waals surface area (Å²) in [6.45, 7) is 23.4. The van der Waals surface area contributed by atoms with Crippen molar-refractivity contribution in [1.29, 1.82) is 0 Å². The highest BCUT2D eigenvalue weighted by Crippen LogP contribution is 2.67. The number of amides is 2. The zero-order valence-corrected chi connectivity index (χ0v) is 45.6. The Labute approximate surface area is 421 Å². The Morgan fingerprint density at radius 2 is 1.43 bits per heavy atom. The first kappa shape index (κ1) is 57.2. The van der Waals surface area contributed by atoms with Gasteiger partial charge in [-0.15, -0.1) is 0 Å². The van der Waals surface area contributed by atoms with E-state index >= 15 is 0 Å². The number of rotatable bonds is 23. The molecule has 14 nitrogen and oxygen atoms in total. The lowest BCUT2D eigenvalue weighted by molar-refractivity contribution is -0.387. The molecule has 15 heteroatoms. The van der Waals surface area contributed by atoms with Crippen LogP contribution in [-0.4, -0.2) is 78.8 Å². The average molecular weight is 999 g/mol. The van der Waals surface area contributed by atoms with Crippen LogP contribution < -0.4 is 10.6 Å². The molecule has 0 bridgehead atoms. The van der Waals surface area contributed by atoms with Gasteiger partial charge in [0.1, 0.15) is 23.3 Å². The number of unbranched alkanes of at least 4 members (excludes halogenated alkanes) is 4. The molecule has 1 aromatic carbocycles. The highest BCUT2D eigenvalue weighted by atomic mass is 32.2. The molecule has 2 amide bonds. The summed E-state index contributed by atoms with van der Waals surface area (Å²) in [5, 5.41) is 17.8. The van der Waals surface area contributed by atoms with Crippen LogP contribution in [0.15, 0.2) is 40.8 Å². The minimum absolute atomic E-state index is 0.0126. The van der Waals surface area contributed by atoms with Crippen molar-refractivity contribution in [3.8, 4) is 0 Å². The van der Waals surface area contributed by atoms with Crippen LogP contribution in [0.5, 0.6) is 0 Å². The average Bonchev–Trinajstić information content (AvgIpc) is 3.62. The fourth-order valence-corrected chi connectivity index (χ4v) is 14.8. The second-order valence-corrected chi connectivity index (χ2v) is 26.1. The van der Waals surface area contributed by atoms with Crippen molar-refractivity contribution >= 4 is 33.9 Å². The number of ether oxygens (including phenoxy) is 3. The number of nitro groups is 1. The number of fused-ring (bicyclic) bond motifs is 5. The zero-order chi connectivity index (χ0) is 51.7. The van der Waals surface area contributed by atoms with Crippen LogP contribution in [0.4, 0.5) is 15.3 Å². The van der Waals surface area contributed by atoms with Gasteiger partial charge in [0.15, 0.2) is 4.90 Å². The van der Waals surface area contributed by atoms with Gasteiger partial charge in [0, 0.05) is 32.1 Å². The number of sulfonamides is 1. The number of allylic oxidation sites excluding steroid dienone is 1. The first-order chi connectivity index (χ1) is 32.8. The van der Waals surface area contributed by atoms with Gasteiger partial charge in [0.25, 0.3) is 15.7 Å². The van der Waals surface area contributed by atoms with Crippen molar-refractivity contribution in [3.05, 3.63) is 46.0 Å². The molecule has 0 saturated heterocycles. The van der Waals surface area contributed by atoms with E-state index in [9.17, 15) is 32.9 Å². The molecule has 4 aliphatic carbocycles. The number of nitro benzene ring substituents is 1. The van der Waals surface area contributed by atoms with Crippen molar-refractivity contribution in [2.75, 3.05) is 19.6 Å². The summed E-state index contributed by atoms with van der Waals surface area (Å²) < 4.78 is 47.9. The Balaban J connectivity index is 1.33. The fourth-order valence-electron chi connectivity index (χ4n) is 13.0. The lowest BCUT2D eigenvalue weighted by atomic mass is 9.47. The van der Waals surface area contributed by atoms with Gasteiger partial charge < -0.3 is 24.8 Å². The smallest absolute Gasteiger partial charge is 0.407 e. The minimum atomic E-state index is -4.62. The summed E-state index contributed by atoms with van der Waals surface area (Å²) in [5.74, 6) is 3.54. The molecule has 3 fully saturated rings. The van der Waals surface area contributed by atoms with Crippen LogP contribution >= 0.6 is 0 Å². The van der Waals surface area contributed by atoms with Crippen LogP contribution in [0.25, 0.3) is 0 Å². The fraction of sp³-hybridized carbons (Fsp3) is 0.800. The number of para-hydroxylation sites is 1. The lowest BCUT2D eigenvalue weighted by Gasteiger charge is -2.58. The normalized spacial score (nSPS) is 26.5. The molecule has 0 heterocycles. The molecule has 70 heavy (non-hydrogen) atoms. The van der Waals surface area contributed by atoms with E-state index in [4.69, 9.17) is 14.2 Å². The number of alkyl carbamates (subject to hydrolysis) is 2. The van der Waals surface area contributed by atoms with Gasteiger partial charge in [-0.05, 0) is 171 Å². The van der Waals surface area contributed by atoms with E-state index in [1.807, 2.05) is 0 Å². The molecular formula is C55H90N4O10S. The second-order valence-electron chi connectivity index (χ2n) is 24.2. The summed E-state index contributed by atoms with van der Waals surface area (Å²) in [4.78, 5) is 50.5. The number of hydrogen-bond acceptors (Lipinski definition) is 10. The van der Waals surface area contributed by atoms with Gasteiger partial charge in [-0.1, -0.05) is 90.5 Å². The predicted molar refractivity (Wildman–Crippen MR) is 274 cm³/mol. The predicted octanol–water partition coefficient (Wildman–Crippen LogP) is 12.7. The number of hydrogen-bond donors (Lipinski definition) is 2. The third kappa shape index (κ3) is 14.9. The first-order valence-corrected chi connectivity index (χ1v) is 28.3. The molecule has 0 unspecified atom stereocenters. The van der Waals surface area contributed by atoms with Gasteiger partial charge in [-0.2, -0.15) is 4.31 Å². The molecular weight excluding hydrogens is 909 g/mol. The van der Waals surface area contributed by atoms with Gasteiger partial charge in [0.05, 0.1) is 4.92 Å². The maximum atomic E-state index is 14.8. The van der Waals surface area contributed by atoms with E-state index in [1.54, 1.807) is 41.5 Å².